The maximum Gasteiger partial charge on any atom is 0.225 e. The Labute approximate surface area is 102 Å². The van der Waals surface area contributed by atoms with E-state index in [0.717, 1.165) is 0 Å². The fourth-order valence-electron chi connectivity index (χ4n) is 0.915. The SMILES string of the molecule is O=C(CCS)Nc1cccc(Cl)c1Br. The lowest BCUT2D eigenvalue weighted by Gasteiger charge is -2.07. The maximum atomic E-state index is 11.3. The van der Waals surface area contributed by atoms with Crippen molar-refractivity contribution < 1.29 is 4.79 Å². The molecule has 2 nitrogen and oxygen atoms in total. The number of halogens is 2. The van der Waals surface area contributed by atoms with Gasteiger partial charge >= 0.3 is 0 Å². The number of anilines is 1. The topological polar surface area (TPSA) is 29.1 Å². The maximum absolute atomic E-state index is 11.3. The quantitative estimate of drug-likeness (QED) is 0.822. The second-order valence-corrected chi connectivity index (χ2v) is 4.27. The molecule has 0 heterocycles. The molecule has 0 unspecified atom stereocenters. The van der Waals surface area contributed by atoms with E-state index in [9.17, 15) is 4.79 Å². The summed E-state index contributed by atoms with van der Waals surface area (Å²) in [5.41, 5.74) is 0.685. The van der Waals surface area contributed by atoms with Gasteiger partial charge < -0.3 is 5.32 Å². The first-order chi connectivity index (χ1) is 6.65. The van der Waals surface area contributed by atoms with E-state index < -0.39 is 0 Å². The molecule has 5 heteroatoms. The summed E-state index contributed by atoms with van der Waals surface area (Å²) in [5, 5.41) is 3.31. The number of hydrogen-bond donors (Lipinski definition) is 2. The first-order valence-corrected chi connectivity index (χ1v) is 5.80. The Morgan fingerprint density at radius 3 is 2.93 bits per heavy atom. The van der Waals surface area contributed by atoms with Crippen LogP contribution in [0.3, 0.4) is 0 Å². The minimum Gasteiger partial charge on any atom is -0.325 e. The number of thiol groups is 1. The Balaban J connectivity index is 2.76. The molecular weight excluding hydrogens is 286 g/mol. The number of carbonyl (C=O) groups is 1. The summed E-state index contributed by atoms with van der Waals surface area (Å²) < 4.78 is 0.703. The Morgan fingerprint density at radius 2 is 2.29 bits per heavy atom. The van der Waals surface area contributed by atoms with Gasteiger partial charge in [0.15, 0.2) is 0 Å². The van der Waals surface area contributed by atoms with Gasteiger partial charge in [-0.1, -0.05) is 17.7 Å². The normalized spacial score (nSPS) is 9.93. The lowest BCUT2D eigenvalue weighted by molar-refractivity contribution is -0.115. The summed E-state index contributed by atoms with van der Waals surface area (Å²) in [4.78, 5) is 11.3. The third kappa shape index (κ3) is 3.19. The van der Waals surface area contributed by atoms with Crippen molar-refractivity contribution in [2.24, 2.45) is 0 Å². The van der Waals surface area contributed by atoms with E-state index in [4.69, 9.17) is 11.6 Å². The number of rotatable bonds is 3. The van der Waals surface area contributed by atoms with Crippen LogP contribution in [-0.2, 0) is 4.79 Å². The molecule has 1 aromatic carbocycles. The van der Waals surface area contributed by atoms with Crippen molar-refractivity contribution in [2.75, 3.05) is 11.1 Å². The Hall–Kier alpha value is -0.190. The monoisotopic (exact) mass is 293 g/mol. The van der Waals surface area contributed by atoms with Crippen LogP contribution in [0, 0.1) is 0 Å². The first kappa shape index (κ1) is 11.9. The number of nitrogens with one attached hydrogen (secondary N) is 1. The second-order valence-electron chi connectivity index (χ2n) is 2.62. The van der Waals surface area contributed by atoms with Crippen molar-refractivity contribution in [3.63, 3.8) is 0 Å². The van der Waals surface area contributed by atoms with Gasteiger partial charge in [0.2, 0.25) is 5.91 Å². The van der Waals surface area contributed by atoms with Crippen molar-refractivity contribution in [1.29, 1.82) is 0 Å². The van der Waals surface area contributed by atoms with Gasteiger partial charge in [0.25, 0.3) is 0 Å². The summed E-state index contributed by atoms with van der Waals surface area (Å²) in [6.07, 6.45) is 0.391. The molecule has 14 heavy (non-hydrogen) atoms. The van der Waals surface area contributed by atoms with E-state index in [1.54, 1.807) is 18.2 Å². The summed E-state index contributed by atoms with van der Waals surface area (Å²) in [6.45, 7) is 0. The van der Waals surface area contributed by atoms with Crippen molar-refractivity contribution in [2.45, 2.75) is 6.42 Å². The molecule has 0 aliphatic carbocycles. The van der Waals surface area contributed by atoms with Crippen molar-refractivity contribution >= 4 is 51.8 Å². The lowest BCUT2D eigenvalue weighted by Crippen LogP contribution is -2.12. The van der Waals surface area contributed by atoms with E-state index in [2.05, 4.69) is 33.9 Å². The van der Waals surface area contributed by atoms with Crippen LogP contribution >= 0.6 is 40.2 Å². The van der Waals surface area contributed by atoms with Crippen LogP contribution in [0.5, 0.6) is 0 Å². The highest BCUT2D eigenvalue weighted by atomic mass is 79.9. The number of benzene rings is 1. The summed E-state index contributed by atoms with van der Waals surface area (Å²) in [6, 6.07) is 5.32. The standard InChI is InChI=1S/C9H9BrClNOS/c10-9-6(11)2-1-3-7(9)12-8(13)4-5-14/h1-3,14H,4-5H2,(H,12,13). The van der Waals surface area contributed by atoms with E-state index in [-0.39, 0.29) is 5.91 Å². The summed E-state index contributed by atoms with van der Waals surface area (Å²) >= 11 is 13.1. The molecule has 0 saturated carbocycles. The average molecular weight is 295 g/mol. The van der Waals surface area contributed by atoms with E-state index in [1.807, 2.05) is 0 Å². The first-order valence-electron chi connectivity index (χ1n) is 4.00. The predicted molar refractivity (Wildman–Crippen MR) is 66.3 cm³/mol. The van der Waals surface area contributed by atoms with E-state index >= 15 is 0 Å². The fourth-order valence-corrected chi connectivity index (χ4v) is 1.66. The van der Waals surface area contributed by atoms with Crippen molar-refractivity contribution in [3.05, 3.63) is 27.7 Å². The van der Waals surface area contributed by atoms with Gasteiger partial charge in [-0.3, -0.25) is 4.79 Å². The molecule has 0 bridgehead atoms. The third-order valence-electron chi connectivity index (χ3n) is 1.56. The molecule has 0 radical (unpaired) electrons. The van der Waals surface area contributed by atoms with Gasteiger partial charge in [0.1, 0.15) is 0 Å². The molecule has 0 saturated heterocycles. The zero-order chi connectivity index (χ0) is 10.6. The molecule has 1 rings (SSSR count). The van der Waals surface area contributed by atoms with Crippen LogP contribution < -0.4 is 5.32 Å². The van der Waals surface area contributed by atoms with Crippen LogP contribution in [0.25, 0.3) is 0 Å². The fraction of sp³-hybridized carbons (Fsp3) is 0.222. The number of hydrogen-bond acceptors (Lipinski definition) is 2. The minimum absolute atomic E-state index is 0.0667. The molecule has 1 N–H and O–H groups in total. The van der Waals surface area contributed by atoms with Crippen LogP contribution in [0.1, 0.15) is 6.42 Å². The molecule has 0 spiro atoms. The molecule has 0 aromatic heterocycles. The molecule has 0 fully saturated rings. The van der Waals surface area contributed by atoms with Gasteiger partial charge in [-0.05, 0) is 33.8 Å². The Morgan fingerprint density at radius 1 is 1.57 bits per heavy atom. The Bertz CT molecular complexity index is 346. The van der Waals surface area contributed by atoms with Crippen molar-refractivity contribution in [1.82, 2.24) is 0 Å². The Kier molecular flexibility index (Phi) is 4.78. The highest BCUT2D eigenvalue weighted by molar-refractivity contribution is 9.10. The average Bonchev–Trinajstić information content (AvgIpc) is 2.13. The largest absolute Gasteiger partial charge is 0.325 e. The zero-order valence-electron chi connectivity index (χ0n) is 7.26. The highest BCUT2D eigenvalue weighted by Gasteiger charge is 2.06. The molecule has 1 aromatic rings. The smallest absolute Gasteiger partial charge is 0.225 e. The molecule has 0 atom stereocenters. The molecule has 1 amide bonds. The van der Waals surface area contributed by atoms with Gasteiger partial charge in [-0.2, -0.15) is 12.6 Å². The second kappa shape index (κ2) is 5.63. The highest BCUT2D eigenvalue weighted by Crippen LogP contribution is 2.29. The molecule has 76 valence electrons. The number of carbonyl (C=O) groups excluding carboxylic acids is 1. The zero-order valence-corrected chi connectivity index (χ0v) is 10.5. The molecule has 0 aliphatic heterocycles. The number of amides is 1. The van der Waals surface area contributed by atoms with Gasteiger partial charge in [0, 0.05) is 6.42 Å². The van der Waals surface area contributed by atoms with Crippen molar-refractivity contribution in [3.8, 4) is 0 Å². The van der Waals surface area contributed by atoms with Gasteiger partial charge in [-0.15, -0.1) is 0 Å². The van der Waals surface area contributed by atoms with Crippen LogP contribution in [-0.4, -0.2) is 11.7 Å². The summed E-state index contributed by atoms with van der Waals surface area (Å²) in [5.74, 6) is 0.465. The van der Waals surface area contributed by atoms with E-state index in [0.29, 0.717) is 27.4 Å². The van der Waals surface area contributed by atoms with Gasteiger partial charge in [-0.25, -0.2) is 0 Å². The van der Waals surface area contributed by atoms with Crippen LogP contribution in [0.2, 0.25) is 5.02 Å². The molecule has 0 aliphatic rings. The minimum atomic E-state index is -0.0667. The predicted octanol–water partition coefficient (Wildman–Crippen LogP) is 3.36. The molecular formula is C9H9BrClNOS. The van der Waals surface area contributed by atoms with Gasteiger partial charge in [0.05, 0.1) is 15.2 Å². The third-order valence-corrected chi connectivity index (χ3v) is 3.19. The van der Waals surface area contributed by atoms with E-state index in [1.165, 1.54) is 0 Å². The lowest BCUT2D eigenvalue weighted by atomic mass is 10.3. The summed E-state index contributed by atoms with van der Waals surface area (Å²) in [7, 11) is 0. The van der Waals surface area contributed by atoms with Crippen LogP contribution in [0.4, 0.5) is 5.69 Å². The van der Waals surface area contributed by atoms with Crippen LogP contribution in [0.15, 0.2) is 22.7 Å².